The lowest BCUT2D eigenvalue weighted by atomic mass is 10.2. The number of alkyl halides is 3. The molecule has 0 fully saturated rings. The summed E-state index contributed by atoms with van der Waals surface area (Å²) in [6, 6.07) is 8.31. The van der Waals surface area contributed by atoms with Gasteiger partial charge in [-0.1, -0.05) is 12.1 Å². The number of hydrogen-bond donors (Lipinski definition) is 1. The molecule has 0 amide bonds. The van der Waals surface area contributed by atoms with Crippen molar-refractivity contribution in [3.05, 3.63) is 46.8 Å². The molecule has 2 rings (SSSR count). The second-order valence-corrected chi connectivity index (χ2v) is 4.60. The Hall–Kier alpha value is -1.69. The van der Waals surface area contributed by atoms with E-state index in [1.807, 2.05) is 25.1 Å². The van der Waals surface area contributed by atoms with Crippen LogP contribution in [0.5, 0.6) is 5.06 Å². The molecule has 6 heteroatoms. The van der Waals surface area contributed by atoms with Gasteiger partial charge in [-0.3, -0.25) is 0 Å². The van der Waals surface area contributed by atoms with Gasteiger partial charge >= 0.3 is 6.18 Å². The lowest BCUT2D eigenvalue weighted by Gasteiger charge is -2.06. The van der Waals surface area contributed by atoms with Crippen LogP contribution in [0.25, 0.3) is 0 Å². The Bertz CT molecular complexity index is 536. The first kappa shape index (κ1) is 12.8. The number of halogens is 3. The van der Waals surface area contributed by atoms with Crippen LogP contribution in [-0.2, 0) is 6.18 Å². The molecule has 2 nitrogen and oxygen atoms in total. The second kappa shape index (κ2) is 4.89. The first-order chi connectivity index (χ1) is 8.45. The van der Waals surface area contributed by atoms with Crippen LogP contribution >= 0.6 is 11.3 Å². The van der Waals surface area contributed by atoms with Gasteiger partial charge in [0, 0.05) is 11.4 Å². The minimum atomic E-state index is -4.33. The van der Waals surface area contributed by atoms with Crippen LogP contribution in [0, 0.1) is 6.92 Å². The summed E-state index contributed by atoms with van der Waals surface area (Å²) in [5, 5.41) is 1.19. The van der Waals surface area contributed by atoms with Gasteiger partial charge in [-0.25, -0.2) is 5.48 Å². The van der Waals surface area contributed by atoms with Gasteiger partial charge < -0.3 is 4.84 Å². The van der Waals surface area contributed by atoms with E-state index < -0.39 is 11.7 Å². The summed E-state index contributed by atoms with van der Waals surface area (Å²) in [5.41, 5.74) is 3.63. The molecule has 0 saturated heterocycles. The number of hydrogen-bond acceptors (Lipinski definition) is 3. The lowest BCUT2D eigenvalue weighted by Crippen LogP contribution is -2.04. The molecule has 0 aliphatic heterocycles. The van der Waals surface area contributed by atoms with Crippen molar-refractivity contribution in [2.45, 2.75) is 13.1 Å². The van der Waals surface area contributed by atoms with E-state index >= 15 is 0 Å². The standard InChI is InChI=1S/C12H10F3NOS/c1-8-3-2-4-10(5-8)16-17-11-6-9(7-18-11)12(13,14)15/h2-7,16H,1H3. The Balaban J connectivity index is 2.01. The van der Waals surface area contributed by atoms with Gasteiger partial charge in [-0.15, -0.1) is 11.3 Å². The molecule has 0 aliphatic rings. The van der Waals surface area contributed by atoms with E-state index in [1.165, 1.54) is 0 Å². The molecule has 96 valence electrons. The molecule has 1 aromatic carbocycles. The van der Waals surface area contributed by atoms with Crippen molar-refractivity contribution < 1.29 is 18.0 Å². The molecular weight excluding hydrogens is 263 g/mol. The van der Waals surface area contributed by atoms with Crippen molar-refractivity contribution in [1.82, 2.24) is 0 Å². The molecule has 0 bridgehead atoms. The fourth-order valence-corrected chi connectivity index (χ4v) is 2.07. The second-order valence-electron chi connectivity index (χ2n) is 3.73. The van der Waals surface area contributed by atoms with Gasteiger partial charge in [-0.2, -0.15) is 13.2 Å². The first-order valence-corrected chi connectivity index (χ1v) is 5.98. The summed E-state index contributed by atoms with van der Waals surface area (Å²) in [7, 11) is 0. The van der Waals surface area contributed by atoms with E-state index in [2.05, 4.69) is 5.48 Å². The number of nitrogens with one attached hydrogen (secondary N) is 1. The normalized spacial score (nSPS) is 11.3. The largest absolute Gasteiger partial charge is 0.417 e. The fraction of sp³-hybridized carbons (Fsp3) is 0.167. The Kier molecular flexibility index (Phi) is 3.47. The maximum Gasteiger partial charge on any atom is 0.417 e. The predicted molar refractivity (Wildman–Crippen MR) is 64.8 cm³/mol. The zero-order valence-electron chi connectivity index (χ0n) is 9.41. The average Bonchev–Trinajstić information content (AvgIpc) is 2.74. The molecule has 0 radical (unpaired) electrons. The van der Waals surface area contributed by atoms with E-state index in [1.54, 1.807) is 6.07 Å². The number of anilines is 1. The Morgan fingerprint density at radius 1 is 1.22 bits per heavy atom. The highest BCUT2D eigenvalue weighted by Crippen LogP contribution is 2.35. The van der Waals surface area contributed by atoms with Crippen LogP contribution in [0.1, 0.15) is 11.1 Å². The lowest BCUT2D eigenvalue weighted by molar-refractivity contribution is -0.137. The smallest absolute Gasteiger partial charge is 0.371 e. The maximum atomic E-state index is 12.3. The topological polar surface area (TPSA) is 21.3 Å². The van der Waals surface area contributed by atoms with Crippen LogP contribution in [0.4, 0.5) is 18.9 Å². The molecule has 0 unspecified atom stereocenters. The molecule has 2 aromatic rings. The summed E-state index contributed by atoms with van der Waals surface area (Å²) in [4.78, 5) is 5.09. The fourth-order valence-electron chi connectivity index (χ4n) is 1.34. The van der Waals surface area contributed by atoms with Crippen molar-refractivity contribution in [2.24, 2.45) is 0 Å². The van der Waals surface area contributed by atoms with Gasteiger partial charge in [0.1, 0.15) is 0 Å². The van der Waals surface area contributed by atoms with E-state index in [0.717, 1.165) is 28.3 Å². The minimum absolute atomic E-state index is 0.170. The first-order valence-electron chi connectivity index (χ1n) is 5.10. The van der Waals surface area contributed by atoms with Crippen molar-refractivity contribution in [3.63, 3.8) is 0 Å². The summed E-state index contributed by atoms with van der Waals surface area (Å²) >= 11 is 0.895. The van der Waals surface area contributed by atoms with Crippen LogP contribution < -0.4 is 10.3 Å². The zero-order valence-corrected chi connectivity index (χ0v) is 10.2. The molecule has 1 N–H and O–H groups in total. The van der Waals surface area contributed by atoms with Crippen molar-refractivity contribution in [2.75, 3.05) is 5.48 Å². The van der Waals surface area contributed by atoms with Crippen LogP contribution in [0.2, 0.25) is 0 Å². The van der Waals surface area contributed by atoms with Crippen molar-refractivity contribution in [3.8, 4) is 5.06 Å². The van der Waals surface area contributed by atoms with E-state index in [-0.39, 0.29) is 5.06 Å². The Morgan fingerprint density at radius 2 is 2.00 bits per heavy atom. The monoisotopic (exact) mass is 273 g/mol. The molecular formula is C12H10F3NOS. The van der Waals surface area contributed by atoms with Crippen LogP contribution in [0.15, 0.2) is 35.7 Å². The van der Waals surface area contributed by atoms with Gasteiger partial charge in [0.15, 0.2) is 0 Å². The maximum absolute atomic E-state index is 12.3. The van der Waals surface area contributed by atoms with E-state index in [4.69, 9.17) is 4.84 Å². The molecule has 0 spiro atoms. The third kappa shape index (κ3) is 3.16. The van der Waals surface area contributed by atoms with E-state index in [9.17, 15) is 13.2 Å². The molecule has 0 saturated carbocycles. The third-order valence-corrected chi connectivity index (χ3v) is 3.00. The molecule has 0 atom stereocenters. The quantitative estimate of drug-likeness (QED) is 0.832. The number of benzene rings is 1. The summed E-state index contributed by atoms with van der Waals surface area (Å²) in [5.74, 6) is 0. The third-order valence-electron chi connectivity index (χ3n) is 2.19. The molecule has 1 heterocycles. The molecule has 0 aliphatic carbocycles. The number of thiophene rings is 1. The minimum Gasteiger partial charge on any atom is -0.371 e. The Morgan fingerprint density at radius 3 is 2.61 bits per heavy atom. The number of aryl methyl sites for hydroxylation is 1. The molecule has 1 aromatic heterocycles. The van der Waals surface area contributed by atoms with Gasteiger partial charge in [0.25, 0.3) is 0 Å². The highest BCUT2D eigenvalue weighted by atomic mass is 32.1. The van der Waals surface area contributed by atoms with Crippen LogP contribution in [0.3, 0.4) is 0 Å². The van der Waals surface area contributed by atoms with Crippen molar-refractivity contribution in [1.29, 1.82) is 0 Å². The average molecular weight is 273 g/mol. The highest BCUT2D eigenvalue weighted by molar-refractivity contribution is 7.12. The Labute approximate surface area is 106 Å². The summed E-state index contributed by atoms with van der Waals surface area (Å²) < 4.78 is 37.0. The van der Waals surface area contributed by atoms with Gasteiger partial charge in [0.2, 0.25) is 5.06 Å². The van der Waals surface area contributed by atoms with Crippen molar-refractivity contribution >= 4 is 17.0 Å². The van der Waals surface area contributed by atoms with Gasteiger partial charge in [-0.05, 0) is 24.6 Å². The van der Waals surface area contributed by atoms with Gasteiger partial charge in [0.05, 0.1) is 11.3 Å². The zero-order chi connectivity index (χ0) is 13.2. The SMILES string of the molecule is Cc1cccc(NOc2cc(C(F)(F)F)cs2)c1. The van der Waals surface area contributed by atoms with Crippen LogP contribution in [-0.4, -0.2) is 0 Å². The highest BCUT2D eigenvalue weighted by Gasteiger charge is 2.32. The molecule has 18 heavy (non-hydrogen) atoms. The predicted octanol–water partition coefficient (Wildman–Crippen LogP) is 4.48. The number of rotatable bonds is 3. The van der Waals surface area contributed by atoms with E-state index in [0.29, 0.717) is 5.69 Å². The summed E-state index contributed by atoms with van der Waals surface area (Å²) in [6.45, 7) is 1.91. The summed E-state index contributed by atoms with van der Waals surface area (Å²) in [6.07, 6.45) is -4.33.